The van der Waals surface area contributed by atoms with Gasteiger partial charge in [0.2, 0.25) is 5.88 Å². The van der Waals surface area contributed by atoms with Crippen LogP contribution in [0.25, 0.3) is 16.3 Å². The van der Waals surface area contributed by atoms with Crippen molar-refractivity contribution < 1.29 is 4.74 Å². The van der Waals surface area contributed by atoms with Crippen LogP contribution >= 0.6 is 15.9 Å². The van der Waals surface area contributed by atoms with Gasteiger partial charge in [-0.15, -0.1) is 0 Å². The summed E-state index contributed by atoms with van der Waals surface area (Å²) in [6.45, 7) is 0. The van der Waals surface area contributed by atoms with E-state index < -0.39 is 0 Å². The van der Waals surface area contributed by atoms with Gasteiger partial charge in [0.15, 0.2) is 0 Å². The van der Waals surface area contributed by atoms with Crippen molar-refractivity contribution in [2.24, 2.45) is 0 Å². The fourth-order valence-corrected chi connectivity index (χ4v) is 2.88. The van der Waals surface area contributed by atoms with Crippen LogP contribution in [0.3, 0.4) is 0 Å². The molecule has 0 aliphatic carbocycles. The molecule has 2 aromatic heterocycles. The van der Waals surface area contributed by atoms with E-state index >= 15 is 0 Å². The summed E-state index contributed by atoms with van der Waals surface area (Å²) in [5.74, 6) is 1.27. The number of halogens is 1. The van der Waals surface area contributed by atoms with Crippen molar-refractivity contribution >= 4 is 32.2 Å². The summed E-state index contributed by atoms with van der Waals surface area (Å²) in [7, 11) is 0. The SMILES string of the molecule is Brc1c(Oc2nccn3nccc23)ccc2ccccc12. The molecule has 0 atom stereocenters. The fraction of sp³-hybridized carbons (Fsp3) is 0. The van der Waals surface area contributed by atoms with Crippen LogP contribution in [0.4, 0.5) is 0 Å². The molecule has 0 fully saturated rings. The first kappa shape index (κ1) is 12.3. The van der Waals surface area contributed by atoms with Crippen molar-refractivity contribution in [3.05, 3.63) is 65.5 Å². The van der Waals surface area contributed by atoms with E-state index in [2.05, 4.69) is 38.1 Å². The fourth-order valence-electron chi connectivity index (χ4n) is 2.31. The number of fused-ring (bicyclic) bond motifs is 2. The van der Waals surface area contributed by atoms with Gasteiger partial charge in [0.25, 0.3) is 0 Å². The molecular weight excluding hydrogens is 330 g/mol. The summed E-state index contributed by atoms with van der Waals surface area (Å²) >= 11 is 3.62. The molecule has 0 bridgehead atoms. The van der Waals surface area contributed by atoms with Gasteiger partial charge in [-0.1, -0.05) is 30.3 Å². The van der Waals surface area contributed by atoms with Gasteiger partial charge in [-0.3, -0.25) is 0 Å². The summed E-state index contributed by atoms with van der Waals surface area (Å²) in [5, 5.41) is 6.44. The standard InChI is InChI=1S/C16H10BrN3O/c17-15-12-4-2-1-3-11(12)5-6-14(15)21-16-13-7-8-19-20(13)10-9-18-16/h1-10H. The molecule has 0 spiro atoms. The number of rotatable bonds is 2. The average Bonchev–Trinajstić information content (AvgIpc) is 3.00. The Morgan fingerprint density at radius 2 is 1.90 bits per heavy atom. The molecule has 0 unspecified atom stereocenters. The maximum absolute atomic E-state index is 5.97. The third-order valence-corrected chi connectivity index (χ3v) is 4.14. The molecule has 2 aromatic carbocycles. The quantitative estimate of drug-likeness (QED) is 0.542. The molecule has 5 heteroatoms. The Kier molecular flexibility index (Phi) is 2.86. The van der Waals surface area contributed by atoms with Gasteiger partial charge in [-0.25, -0.2) is 9.50 Å². The van der Waals surface area contributed by atoms with E-state index in [9.17, 15) is 0 Å². The molecule has 2 heterocycles. The Labute approximate surface area is 129 Å². The van der Waals surface area contributed by atoms with Gasteiger partial charge < -0.3 is 4.74 Å². The van der Waals surface area contributed by atoms with Crippen LogP contribution in [0.5, 0.6) is 11.6 Å². The molecule has 4 rings (SSSR count). The molecule has 4 aromatic rings. The highest BCUT2D eigenvalue weighted by Gasteiger charge is 2.10. The van der Waals surface area contributed by atoms with Gasteiger partial charge in [0, 0.05) is 12.4 Å². The number of hydrogen-bond acceptors (Lipinski definition) is 3. The lowest BCUT2D eigenvalue weighted by Gasteiger charge is -2.10. The number of hydrogen-bond donors (Lipinski definition) is 0. The minimum absolute atomic E-state index is 0.533. The highest BCUT2D eigenvalue weighted by Crippen LogP contribution is 2.36. The van der Waals surface area contributed by atoms with E-state index in [0.29, 0.717) is 5.88 Å². The monoisotopic (exact) mass is 339 g/mol. The second-order valence-electron chi connectivity index (χ2n) is 4.59. The van der Waals surface area contributed by atoms with Gasteiger partial charge in [0.1, 0.15) is 11.3 Å². The predicted octanol–water partition coefficient (Wildman–Crippen LogP) is 4.44. The molecule has 0 N–H and O–H groups in total. The van der Waals surface area contributed by atoms with E-state index in [4.69, 9.17) is 4.74 Å². The molecular formula is C16H10BrN3O. The van der Waals surface area contributed by atoms with Crippen molar-refractivity contribution in [2.45, 2.75) is 0 Å². The van der Waals surface area contributed by atoms with Crippen LogP contribution in [-0.2, 0) is 0 Å². The highest BCUT2D eigenvalue weighted by molar-refractivity contribution is 9.10. The third kappa shape index (κ3) is 2.06. The van der Waals surface area contributed by atoms with Crippen LogP contribution in [0.2, 0.25) is 0 Å². The molecule has 21 heavy (non-hydrogen) atoms. The summed E-state index contributed by atoms with van der Waals surface area (Å²) in [6, 6.07) is 14.0. The molecule has 0 aliphatic heterocycles. The molecule has 0 saturated carbocycles. The summed E-state index contributed by atoms with van der Waals surface area (Å²) in [6.07, 6.45) is 5.18. The lowest BCUT2D eigenvalue weighted by Crippen LogP contribution is -1.94. The van der Waals surface area contributed by atoms with Gasteiger partial charge in [-0.2, -0.15) is 5.10 Å². The lowest BCUT2D eigenvalue weighted by molar-refractivity contribution is 0.463. The second-order valence-corrected chi connectivity index (χ2v) is 5.39. The van der Waals surface area contributed by atoms with Crippen LogP contribution < -0.4 is 4.74 Å². The van der Waals surface area contributed by atoms with Gasteiger partial charge in [0.05, 0.1) is 10.7 Å². The highest BCUT2D eigenvalue weighted by atomic mass is 79.9. The Hall–Kier alpha value is -2.40. The normalized spacial score (nSPS) is 11.1. The second kappa shape index (κ2) is 4.86. The zero-order chi connectivity index (χ0) is 14.2. The van der Waals surface area contributed by atoms with Crippen LogP contribution in [0.1, 0.15) is 0 Å². The van der Waals surface area contributed by atoms with Crippen molar-refractivity contribution in [2.75, 3.05) is 0 Å². The zero-order valence-corrected chi connectivity index (χ0v) is 12.5. The van der Waals surface area contributed by atoms with Gasteiger partial charge in [-0.05, 0) is 38.8 Å². The number of nitrogens with zero attached hydrogens (tertiary/aromatic N) is 3. The average molecular weight is 340 g/mol. The summed E-state index contributed by atoms with van der Waals surface area (Å²) in [4.78, 5) is 4.29. The molecule has 0 radical (unpaired) electrons. The smallest absolute Gasteiger partial charge is 0.245 e. The maximum Gasteiger partial charge on any atom is 0.245 e. The van der Waals surface area contributed by atoms with E-state index in [-0.39, 0.29) is 0 Å². The Balaban J connectivity index is 1.84. The van der Waals surface area contributed by atoms with Crippen molar-refractivity contribution in [1.82, 2.24) is 14.6 Å². The lowest BCUT2D eigenvalue weighted by atomic mass is 10.1. The first-order valence-electron chi connectivity index (χ1n) is 6.46. The maximum atomic E-state index is 5.97. The minimum atomic E-state index is 0.533. The predicted molar refractivity (Wildman–Crippen MR) is 84.7 cm³/mol. The summed E-state index contributed by atoms with van der Waals surface area (Å²) < 4.78 is 8.62. The largest absolute Gasteiger partial charge is 0.436 e. The van der Waals surface area contributed by atoms with E-state index in [1.54, 1.807) is 23.1 Å². The number of aromatic nitrogens is 3. The van der Waals surface area contributed by atoms with Gasteiger partial charge >= 0.3 is 0 Å². The topological polar surface area (TPSA) is 39.4 Å². The van der Waals surface area contributed by atoms with E-state index in [0.717, 1.165) is 26.5 Å². The van der Waals surface area contributed by atoms with Crippen molar-refractivity contribution in [1.29, 1.82) is 0 Å². The first-order chi connectivity index (χ1) is 10.3. The van der Waals surface area contributed by atoms with Crippen LogP contribution in [0, 0.1) is 0 Å². The Bertz CT molecular complexity index is 948. The van der Waals surface area contributed by atoms with Crippen LogP contribution in [-0.4, -0.2) is 14.6 Å². The molecule has 0 saturated heterocycles. The zero-order valence-electron chi connectivity index (χ0n) is 10.9. The minimum Gasteiger partial charge on any atom is -0.436 e. The Morgan fingerprint density at radius 3 is 2.86 bits per heavy atom. The Morgan fingerprint density at radius 1 is 1.00 bits per heavy atom. The van der Waals surface area contributed by atoms with E-state index in [1.807, 2.05) is 30.3 Å². The molecule has 0 amide bonds. The van der Waals surface area contributed by atoms with Crippen LogP contribution in [0.15, 0.2) is 65.5 Å². The molecule has 102 valence electrons. The summed E-state index contributed by atoms with van der Waals surface area (Å²) in [5.41, 5.74) is 0.831. The van der Waals surface area contributed by atoms with E-state index in [1.165, 1.54) is 0 Å². The number of benzene rings is 2. The molecule has 0 aliphatic rings. The van der Waals surface area contributed by atoms with Crippen molar-refractivity contribution in [3.8, 4) is 11.6 Å². The number of ether oxygens (including phenoxy) is 1. The first-order valence-corrected chi connectivity index (χ1v) is 7.26. The van der Waals surface area contributed by atoms with Crippen molar-refractivity contribution in [3.63, 3.8) is 0 Å². The molecule has 4 nitrogen and oxygen atoms in total. The third-order valence-electron chi connectivity index (χ3n) is 3.32.